The number of benzene rings is 1. The third kappa shape index (κ3) is 4.41. The number of aromatic nitrogens is 2. The molecule has 2 aromatic heterocycles. The van der Waals surface area contributed by atoms with E-state index < -0.39 is 0 Å². The van der Waals surface area contributed by atoms with Crippen LogP contribution in [0.5, 0.6) is 0 Å². The number of nitrogen functional groups attached to an aromatic ring is 2. The Morgan fingerprint density at radius 1 is 1.13 bits per heavy atom. The van der Waals surface area contributed by atoms with E-state index in [1.165, 1.54) is 23.1 Å². The van der Waals surface area contributed by atoms with Crippen LogP contribution in [0.1, 0.15) is 34.5 Å². The zero-order valence-corrected chi connectivity index (χ0v) is 17.1. The normalized spacial score (nSPS) is 15.0. The molecular weight excluding hydrogens is 402 g/mol. The smallest absolute Gasteiger partial charge is 0.290 e. The summed E-state index contributed by atoms with van der Waals surface area (Å²) in [6, 6.07) is 13.8. The molecule has 30 heavy (non-hydrogen) atoms. The first-order chi connectivity index (χ1) is 14.5. The van der Waals surface area contributed by atoms with Crippen LogP contribution in [0.2, 0.25) is 0 Å². The number of carbonyl (C=O) groups is 2. The number of nitrogens with zero attached hydrogens (tertiary/aromatic N) is 3. The maximum Gasteiger partial charge on any atom is 0.290 e. The lowest BCUT2D eigenvalue weighted by Crippen LogP contribution is -2.46. The molecule has 9 heteroatoms. The molecule has 4 rings (SSSR count). The van der Waals surface area contributed by atoms with Gasteiger partial charge in [-0.15, -0.1) is 11.3 Å². The van der Waals surface area contributed by atoms with Crippen LogP contribution in [-0.2, 0) is 10.2 Å². The number of amides is 1. The maximum atomic E-state index is 12.8. The Hall–Kier alpha value is -3.46. The molecule has 0 saturated carbocycles. The molecule has 0 unspecified atom stereocenters. The Morgan fingerprint density at radius 3 is 2.33 bits per heavy atom. The van der Waals surface area contributed by atoms with Gasteiger partial charge in [-0.1, -0.05) is 30.3 Å². The standard InChI is InChI=1S/C20H21N5OS.CH2O2/c21-17-7-6-14(12-23-17)18(26)25-10-8-20(9-11-25,15-4-2-1-3-5-15)16-13-27-19(22)24-16;2-1-3/h1-7,12-13H,8-11H2,(H2,21,23)(H2,22,24);1H,(H,2,3). The summed E-state index contributed by atoms with van der Waals surface area (Å²) in [4.78, 5) is 31.7. The average molecular weight is 426 g/mol. The Morgan fingerprint density at radius 2 is 1.80 bits per heavy atom. The molecule has 8 nitrogen and oxygen atoms in total. The molecule has 0 atom stereocenters. The first-order valence-corrected chi connectivity index (χ1v) is 10.2. The first-order valence-electron chi connectivity index (χ1n) is 9.36. The van der Waals surface area contributed by atoms with Gasteiger partial charge < -0.3 is 21.5 Å². The summed E-state index contributed by atoms with van der Waals surface area (Å²) in [7, 11) is 0. The van der Waals surface area contributed by atoms with E-state index in [-0.39, 0.29) is 17.8 Å². The molecule has 1 aliphatic rings. The number of piperidine rings is 1. The number of thiazole rings is 1. The minimum atomic E-state index is -0.250. The molecule has 1 aromatic carbocycles. The SMILES string of the molecule is Nc1ccc(C(=O)N2CCC(c3ccccc3)(c3csc(N)n3)CC2)cn1.O=CO. The van der Waals surface area contributed by atoms with Crippen molar-refractivity contribution >= 4 is 34.7 Å². The van der Waals surface area contributed by atoms with Crippen LogP contribution in [-0.4, -0.2) is 45.4 Å². The van der Waals surface area contributed by atoms with Gasteiger partial charge in [0.25, 0.3) is 12.4 Å². The van der Waals surface area contributed by atoms with Gasteiger partial charge in [0.2, 0.25) is 0 Å². The quantitative estimate of drug-likeness (QED) is 0.549. The van der Waals surface area contributed by atoms with Crippen molar-refractivity contribution in [1.29, 1.82) is 0 Å². The van der Waals surface area contributed by atoms with Crippen molar-refractivity contribution in [2.75, 3.05) is 24.6 Å². The number of hydrogen-bond donors (Lipinski definition) is 3. The number of anilines is 2. The highest BCUT2D eigenvalue weighted by atomic mass is 32.1. The predicted octanol–water partition coefficient (Wildman–Crippen LogP) is 2.63. The summed E-state index contributed by atoms with van der Waals surface area (Å²) >= 11 is 1.46. The number of likely N-dealkylation sites (tertiary alicyclic amines) is 1. The number of nitrogens with two attached hydrogens (primary N) is 2. The van der Waals surface area contributed by atoms with Crippen molar-refractivity contribution in [3.63, 3.8) is 0 Å². The predicted molar refractivity (Wildman–Crippen MR) is 116 cm³/mol. The molecule has 1 fully saturated rings. The van der Waals surface area contributed by atoms with Crippen LogP contribution in [0, 0.1) is 0 Å². The molecule has 0 radical (unpaired) electrons. The third-order valence-electron chi connectivity index (χ3n) is 5.28. The fourth-order valence-corrected chi connectivity index (χ4v) is 4.42. The van der Waals surface area contributed by atoms with Gasteiger partial charge in [-0.2, -0.15) is 0 Å². The van der Waals surface area contributed by atoms with Gasteiger partial charge in [0.1, 0.15) is 5.82 Å². The van der Waals surface area contributed by atoms with Crippen LogP contribution in [0.25, 0.3) is 0 Å². The van der Waals surface area contributed by atoms with E-state index in [1.807, 2.05) is 28.5 Å². The largest absolute Gasteiger partial charge is 0.483 e. The zero-order chi connectivity index (χ0) is 21.6. The highest BCUT2D eigenvalue weighted by Gasteiger charge is 2.40. The Balaban J connectivity index is 0.000000806. The molecule has 156 valence electrons. The van der Waals surface area contributed by atoms with Crippen molar-refractivity contribution in [2.24, 2.45) is 0 Å². The minimum Gasteiger partial charge on any atom is -0.483 e. The van der Waals surface area contributed by atoms with Crippen LogP contribution < -0.4 is 11.5 Å². The van der Waals surface area contributed by atoms with Crippen LogP contribution in [0.15, 0.2) is 54.0 Å². The fourth-order valence-electron chi connectivity index (χ4n) is 3.76. The third-order valence-corrected chi connectivity index (χ3v) is 5.95. The summed E-state index contributed by atoms with van der Waals surface area (Å²) < 4.78 is 0. The van der Waals surface area contributed by atoms with E-state index >= 15 is 0 Å². The highest BCUT2D eigenvalue weighted by molar-refractivity contribution is 7.13. The minimum absolute atomic E-state index is 0.0121. The summed E-state index contributed by atoms with van der Waals surface area (Å²) in [6.07, 6.45) is 3.14. The molecular formula is C21H23N5O3S. The van der Waals surface area contributed by atoms with Gasteiger partial charge in [0.05, 0.1) is 11.3 Å². The van der Waals surface area contributed by atoms with E-state index in [2.05, 4.69) is 22.1 Å². The maximum absolute atomic E-state index is 12.8. The van der Waals surface area contributed by atoms with Crippen molar-refractivity contribution in [3.05, 3.63) is 70.9 Å². The fraction of sp³-hybridized carbons (Fsp3) is 0.238. The zero-order valence-electron chi connectivity index (χ0n) is 16.3. The van der Waals surface area contributed by atoms with E-state index in [9.17, 15) is 4.79 Å². The number of pyridine rings is 1. The topological polar surface area (TPSA) is 135 Å². The van der Waals surface area contributed by atoms with E-state index in [1.54, 1.807) is 12.1 Å². The molecule has 1 aliphatic heterocycles. The Kier molecular flexibility index (Phi) is 6.63. The van der Waals surface area contributed by atoms with Gasteiger partial charge >= 0.3 is 0 Å². The second-order valence-corrected chi connectivity index (χ2v) is 7.78. The molecule has 3 aromatic rings. The summed E-state index contributed by atoms with van der Waals surface area (Å²) in [6.45, 7) is 1.05. The average Bonchev–Trinajstić information content (AvgIpc) is 3.22. The Labute approximate surface area is 178 Å². The lowest BCUT2D eigenvalue weighted by Gasteiger charge is -2.41. The molecule has 0 spiro atoms. The first kappa shape index (κ1) is 21.3. The van der Waals surface area contributed by atoms with E-state index in [0.29, 0.717) is 29.6 Å². The second-order valence-electron chi connectivity index (χ2n) is 6.89. The summed E-state index contributed by atoms with van der Waals surface area (Å²) in [5.74, 6) is 0.399. The molecule has 5 N–H and O–H groups in total. The summed E-state index contributed by atoms with van der Waals surface area (Å²) in [5.41, 5.74) is 14.1. The highest BCUT2D eigenvalue weighted by Crippen LogP contribution is 2.42. The van der Waals surface area contributed by atoms with Crippen LogP contribution >= 0.6 is 11.3 Å². The number of hydrogen-bond acceptors (Lipinski definition) is 7. The molecule has 1 amide bonds. The Bertz CT molecular complexity index is 983. The van der Waals surface area contributed by atoms with Gasteiger partial charge in [0.15, 0.2) is 5.13 Å². The number of carbonyl (C=O) groups excluding carboxylic acids is 1. The van der Waals surface area contributed by atoms with Crippen molar-refractivity contribution in [1.82, 2.24) is 14.9 Å². The van der Waals surface area contributed by atoms with Gasteiger partial charge in [-0.25, -0.2) is 9.97 Å². The number of carboxylic acid groups (broad SMARTS) is 1. The van der Waals surface area contributed by atoms with Crippen molar-refractivity contribution in [3.8, 4) is 0 Å². The second kappa shape index (κ2) is 9.36. The van der Waals surface area contributed by atoms with E-state index in [4.69, 9.17) is 21.4 Å². The molecule has 0 bridgehead atoms. The van der Waals surface area contributed by atoms with E-state index in [0.717, 1.165) is 18.5 Å². The monoisotopic (exact) mass is 425 g/mol. The molecule has 1 saturated heterocycles. The van der Waals surface area contributed by atoms with Gasteiger partial charge in [-0.3, -0.25) is 9.59 Å². The van der Waals surface area contributed by atoms with Crippen LogP contribution in [0.4, 0.5) is 10.9 Å². The van der Waals surface area contributed by atoms with Gasteiger partial charge in [0, 0.05) is 30.1 Å². The molecule has 3 heterocycles. The van der Waals surface area contributed by atoms with Crippen molar-refractivity contribution < 1.29 is 14.7 Å². The van der Waals surface area contributed by atoms with Crippen molar-refractivity contribution in [2.45, 2.75) is 18.3 Å². The number of rotatable bonds is 3. The lowest BCUT2D eigenvalue weighted by atomic mass is 9.70. The lowest BCUT2D eigenvalue weighted by molar-refractivity contribution is -0.122. The van der Waals surface area contributed by atoms with Gasteiger partial charge in [-0.05, 0) is 30.5 Å². The molecule has 0 aliphatic carbocycles. The summed E-state index contributed by atoms with van der Waals surface area (Å²) in [5, 5.41) is 9.51. The van der Waals surface area contributed by atoms with Crippen LogP contribution in [0.3, 0.4) is 0 Å².